The Morgan fingerprint density at radius 3 is 2.67 bits per heavy atom. The van der Waals surface area contributed by atoms with Crippen molar-refractivity contribution in [1.82, 2.24) is 9.55 Å². The summed E-state index contributed by atoms with van der Waals surface area (Å²) in [7, 11) is 0. The zero-order valence-electron chi connectivity index (χ0n) is 13.0. The van der Waals surface area contributed by atoms with Crippen molar-refractivity contribution in [3.63, 3.8) is 0 Å². The van der Waals surface area contributed by atoms with Gasteiger partial charge >= 0.3 is 5.97 Å². The van der Waals surface area contributed by atoms with Gasteiger partial charge < -0.3 is 9.67 Å². The summed E-state index contributed by atoms with van der Waals surface area (Å²) in [6.07, 6.45) is 0. The van der Waals surface area contributed by atoms with Crippen molar-refractivity contribution in [2.75, 3.05) is 5.75 Å². The van der Waals surface area contributed by atoms with E-state index in [0.29, 0.717) is 5.92 Å². The first-order valence-corrected chi connectivity index (χ1v) is 8.07. The minimum absolute atomic E-state index is 0.0349. The minimum Gasteiger partial charge on any atom is -0.481 e. The van der Waals surface area contributed by atoms with Crippen LogP contribution in [0.3, 0.4) is 0 Å². The number of carboxylic acid groups (broad SMARTS) is 1. The highest BCUT2D eigenvalue weighted by molar-refractivity contribution is 7.99. The van der Waals surface area contributed by atoms with Crippen LogP contribution in [0.25, 0.3) is 11.0 Å². The Hall–Kier alpha value is -1.49. The van der Waals surface area contributed by atoms with Crippen molar-refractivity contribution in [1.29, 1.82) is 0 Å². The van der Waals surface area contributed by atoms with Crippen LogP contribution in [0.5, 0.6) is 0 Å². The molecule has 1 unspecified atom stereocenters. The number of aliphatic carboxylic acids is 1. The lowest BCUT2D eigenvalue weighted by Gasteiger charge is -2.28. The second-order valence-electron chi connectivity index (χ2n) is 6.44. The maximum Gasteiger partial charge on any atom is 0.313 e. The van der Waals surface area contributed by atoms with E-state index in [0.717, 1.165) is 22.7 Å². The van der Waals surface area contributed by atoms with Gasteiger partial charge in [-0.15, -0.1) is 0 Å². The number of aromatic nitrogens is 2. The topological polar surface area (TPSA) is 55.1 Å². The second-order valence-corrected chi connectivity index (χ2v) is 7.39. The molecule has 0 saturated carbocycles. The molecule has 1 N–H and O–H groups in total. The van der Waals surface area contributed by atoms with Crippen molar-refractivity contribution in [2.24, 2.45) is 11.3 Å². The van der Waals surface area contributed by atoms with Gasteiger partial charge in [-0.1, -0.05) is 51.6 Å². The third kappa shape index (κ3) is 3.79. The lowest BCUT2D eigenvalue weighted by atomic mass is 9.82. The van der Waals surface area contributed by atoms with Gasteiger partial charge in [0.05, 0.1) is 16.8 Å². The van der Waals surface area contributed by atoms with Gasteiger partial charge in [0.25, 0.3) is 0 Å². The third-order valence-electron chi connectivity index (χ3n) is 3.88. The van der Waals surface area contributed by atoms with Gasteiger partial charge in [-0.2, -0.15) is 0 Å². The molecule has 0 amide bonds. The van der Waals surface area contributed by atoms with Crippen LogP contribution < -0.4 is 0 Å². The van der Waals surface area contributed by atoms with Crippen LogP contribution >= 0.6 is 11.8 Å². The average molecular weight is 306 g/mol. The van der Waals surface area contributed by atoms with E-state index in [9.17, 15) is 4.79 Å². The summed E-state index contributed by atoms with van der Waals surface area (Å²) in [6.45, 7) is 9.73. The van der Waals surface area contributed by atoms with Crippen molar-refractivity contribution in [2.45, 2.75) is 39.4 Å². The summed E-state index contributed by atoms with van der Waals surface area (Å²) >= 11 is 1.29. The molecular formula is C16H22N2O2S. The molecule has 4 nitrogen and oxygen atoms in total. The second kappa shape index (κ2) is 6.10. The molecule has 114 valence electrons. The van der Waals surface area contributed by atoms with Gasteiger partial charge in [0, 0.05) is 6.54 Å². The van der Waals surface area contributed by atoms with Crippen LogP contribution in [0, 0.1) is 11.3 Å². The first kappa shape index (κ1) is 15.9. The van der Waals surface area contributed by atoms with Crippen molar-refractivity contribution in [3.8, 4) is 0 Å². The van der Waals surface area contributed by atoms with Gasteiger partial charge in [-0.3, -0.25) is 4.79 Å². The number of thioether (sulfide) groups is 1. The van der Waals surface area contributed by atoms with E-state index in [1.165, 1.54) is 11.8 Å². The molecule has 0 bridgehead atoms. The molecule has 0 fully saturated rings. The van der Waals surface area contributed by atoms with Gasteiger partial charge in [-0.05, 0) is 23.5 Å². The Morgan fingerprint density at radius 2 is 2.05 bits per heavy atom. The smallest absolute Gasteiger partial charge is 0.313 e. The van der Waals surface area contributed by atoms with Crippen molar-refractivity contribution in [3.05, 3.63) is 24.3 Å². The predicted molar refractivity (Wildman–Crippen MR) is 86.7 cm³/mol. The van der Waals surface area contributed by atoms with Gasteiger partial charge in [0.1, 0.15) is 0 Å². The molecule has 1 aromatic heterocycles. The van der Waals surface area contributed by atoms with Crippen LogP contribution in [0.1, 0.15) is 27.7 Å². The summed E-state index contributed by atoms with van der Waals surface area (Å²) in [5.74, 6) is -0.325. The van der Waals surface area contributed by atoms with Crippen LogP contribution in [0.4, 0.5) is 0 Å². The first-order chi connectivity index (χ1) is 9.79. The van der Waals surface area contributed by atoms with E-state index in [-0.39, 0.29) is 11.2 Å². The number of benzene rings is 1. The maximum absolute atomic E-state index is 10.8. The summed E-state index contributed by atoms with van der Waals surface area (Å²) in [4.78, 5) is 15.4. The predicted octanol–water partition coefficient (Wildman–Crippen LogP) is 3.90. The Balaban J connectivity index is 2.38. The quantitative estimate of drug-likeness (QED) is 0.851. The summed E-state index contributed by atoms with van der Waals surface area (Å²) < 4.78 is 2.15. The number of carbonyl (C=O) groups is 1. The fourth-order valence-corrected chi connectivity index (χ4v) is 2.76. The largest absolute Gasteiger partial charge is 0.481 e. The highest BCUT2D eigenvalue weighted by Crippen LogP contribution is 2.31. The molecular weight excluding hydrogens is 284 g/mol. The Bertz CT molecular complexity index is 643. The van der Waals surface area contributed by atoms with E-state index >= 15 is 0 Å². The van der Waals surface area contributed by atoms with E-state index in [2.05, 4.69) is 37.2 Å². The standard InChI is InChI=1S/C16H22N2O2S/c1-11(16(2,3)4)9-18-13-8-6-5-7-12(13)17-15(18)21-10-14(19)20/h5-8,11H,9-10H2,1-4H3,(H,19,20). The Kier molecular flexibility index (Phi) is 4.61. The van der Waals surface area contributed by atoms with Crippen molar-refractivity contribution >= 4 is 28.8 Å². The monoisotopic (exact) mass is 306 g/mol. The zero-order valence-corrected chi connectivity index (χ0v) is 13.8. The van der Waals surface area contributed by atoms with Crippen LogP contribution in [0.15, 0.2) is 29.4 Å². The number of hydrogen-bond acceptors (Lipinski definition) is 3. The molecule has 0 aliphatic rings. The normalized spacial score (nSPS) is 13.5. The molecule has 2 aromatic rings. The molecule has 1 heterocycles. The molecule has 0 radical (unpaired) electrons. The Morgan fingerprint density at radius 1 is 1.38 bits per heavy atom. The summed E-state index contributed by atoms with van der Waals surface area (Å²) in [5, 5.41) is 9.68. The molecule has 0 saturated heterocycles. The molecule has 0 aliphatic carbocycles. The average Bonchev–Trinajstić information content (AvgIpc) is 2.73. The van der Waals surface area contributed by atoms with Crippen LogP contribution in [0.2, 0.25) is 0 Å². The number of rotatable bonds is 5. The fourth-order valence-electron chi connectivity index (χ4n) is 2.01. The number of carboxylic acids is 1. The summed E-state index contributed by atoms with van der Waals surface area (Å²) in [5.41, 5.74) is 2.19. The molecule has 2 rings (SSSR count). The highest BCUT2D eigenvalue weighted by Gasteiger charge is 2.23. The van der Waals surface area contributed by atoms with E-state index < -0.39 is 5.97 Å². The highest BCUT2D eigenvalue weighted by atomic mass is 32.2. The number of hydrogen-bond donors (Lipinski definition) is 1. The van der Waals surface area contributed by atoms with E-state index in [4.69, 9.17) is 5.11 Å². The maximum atomic E-state index is 10.8. The molecule has 21 heavy (non-hydrogen) atoms. The third-order valence-corrected chi connectivity index (χ3v) is 4.84. The van der Waals surface area contributed by atoms with Gasteiger partial charge in [0.2, 0.25) is 0 Å². The zero-order chi connectivity index (χ0) is 15.6. The lowest BCUT2D eigenvalue weighted by molar-refractivity contribution is -0.133. The first-order valence-electron chi connectivity index (χ1n) is 7.09. The number of nitrogens with zero attached hydrogens (tertiary/aromatic N) is 2. The molecule has 1 aromatic carbocycles. The van der Waals surface area contributed by atoms with Gasteiger partial charge in [-0.25, -0.2) is 4.98 Å². The van der Waals surface area contributed by atoms with Crippen molar-refractivity contribution < 1.29 is 9.90 Å². The number of para-hydroxylation sites is 2. The summed E-state index contributed by atoms with van der Waals surface area (Å²) in [6, 6.07) is 7.97. The fraction of sp³-hybridized carbons (Fsp3) is 0.500. The van der Waals surface area contributed by atoms with E-state index in [1.807, 2.05) is 24.3 Å². The van der Waals surface area contributed by atoms with Crippen LogP contribution in [-0.2, 0) is 11.3 Å². The molecule has 0 spiro atoms. The number of imidazole rings is 1. The Labute approximate surface area is 129 Å². The molecule has 0 aliphatic heterocycles. The molecule has 5 heteroatoms. The SMILES string of the molecule is CC(Cn1c(SCC(=O)O)nc2ccccc21)C(C)(C)C. The van der Waals surface area contributed by atoms with Gasteiger partial charge in [0.15, 0.2) is 5.16 Å². The van der Waals surface area contributed by atoms with Crippen LogP contribution in [-0.4, -0.2) is 26.4 Å². The van der Waals surface area contributed by atoms with E-state index in [1.54, 1.807) is 0 Å². The minimum atomic E-state index is -0.817. The lowest BCUT2D eigenvalue weighted by Crippen LogP contribution is -2.22. The number of fused-ring (bicyclic) bond motifs is 1. The molecule has 1 atom stereocenters.